The van der Waals surface area contributed by atoms with Crippen molar-refractivity contribution in [3.63, 3.8) is 0 Å². The molecule has 0 saturated heterocycles. The zero-order chi connectivity index (χ0) is 17.5. The summed E-state index contributed by atoms with van der Waals surface area (Å²) in [5.41, 5.74) is 2.07. The van der Waals surface area contributed by atoms with Crippen molar-refractivity contribution in [2.45, 2.75) is 11.8 Å². The maximum atomic E-state index is 12.4. The summed E-state index contributed by atoms with van der Waals surface area (Å²) >= 11 is 7.29. The third-order valence-electron chi connectivity index (χ3n) is 3.65. The Labute approximate surface area is 156 Å². The van der Waals surface area contributed by atoms with Crippen LogP contribution in [0.2, 0.25) is 5.02 Å². The molecule has 2 aromatic carbocycles. The van der Waals surface area contributed by atoms with Gasteiger partial charge in [0, 0.05) is 24.0 Å². The summed E-state index contributed by atoms with van der Waals surface area (Å²) in [5, 5.41) is 0.689. The Bertz CT molecular complexity index is 830. The van der Waals surface area contributed by atoms with Crippen LogP contribution < -0.4 is 0 Å². The van der Waals surface area contributed by atoms with Gasteiger partial charge in [0.1, 0.15) is 0 Å². The molecule has 0 amide bonds. The molecule has 5 heteroatoms. The molecule has 3 nitrogen and oxygen atoms in total. The minimum atomic E-state index is -0.0145. The summed E-state index contributed by atoms with van der Waals surface area (Å²) < 4.78 is 1.97. The number of carbonyl (C=O) groups is 1. The summed E-state index contributed by atoms with van der Waals surface area (Å²) in [6.07, 6.45) is 8.85. The SMILES string of the molecule is O=C(C=Cc1ccccc1)SC(Cn1ccnc1)c1ccc(Cl)cc1. The van der Waals surface area contributed by atoms with Gasteiger partial charge in [0.2, 0.25) is 5.12 Å². The minimum absolute atomic E-state index is 0.0145. The first-order valence-electron chi connectivity index (χ1n) is 7.85. The van der Waals surface area contributed by atoms with Gasteiger partial charge in [-0.3, -0.25) is 4.79 Å². The Hall–Kier alpha value is -2.30. The van der Waals surface area contributed by atoms with Crippen molar-refractivity contribution in [2.75, 3.05) is 0 Å². The smallest absolute Gasteiger partial charge is 0.212 e. The molecule has 25 heavy (non-hydrogen) atoms. The average Bonchev–Trinajstić information content (AvgIpc) is 3.14. The Morgan fingerprint density at radius 3 is 2.60 bits per heavy atom. The van der Waals surface area contributed by atoms with Crippen LogP contribution in [0.25, 0.3) is 6.08 Å². The molecule has 126 valence electrons. The Kier molecular flexibility index (Phi) is 6.09. The maximum Gasteiger partial charge on any atom is 0.212 e. The highest BCUT2D eigenvalue weighted by Gasteiger charge is 2.16. The number of rotatable bonds is 6. The van der Waals surface area contributed by atoms with Crippen LogP contribution in [0.1, 0.15) is 16.4 Å². The molecule has 0 N–H and O–H groups in total. The number of benzene rings is 2. The molecule has 0 aliphatic rings. The molecule has 1 unspecified atom stereocenters. The van der Waals surface area contributed by atoms with E-state index in [2.05, 4.69) is 4.98 Å². The molecule has 0 bridgehead atoms. The average molecular weight is 369 g/mol. The predicted octanol–water partition coefficient (Wildman–Crippen LogP) is 5.25. The lowest BCUT2D eigenvalue weighted by atomic mass is 10.1. The van der Waals surface area contributed by atoms with E-state index in [1.165, 1.54) is 11.8 Å². The van der Waals surface area contributed by atoms with Crippen molar-refractivity contribution in [3.05, 3.63) is 95.5 Å². The summed E-state index contributed by atoms with van der Waals surface area (Å²) in [5.74, 6) is 0. The highest BCUT2D eigenvalue weighted by atomic mass is 35.5. The van der Waals surface area contributed by atoms with E-state index in [0.717, 1.165) is 11.1 Å². The van der Waals surface area contributed by atoms with Crippen molar-refractivity contribution in [3.8, 4) is 0 Å². The molecule has 0 saturated carbocycles. The summed E-state index contributed by atoms with van der Waals surface area (Å²) in [6.45, 7) is 0.664. The maximum absolute atomic E-state index is 12.4. The first-order chi connectivity index (χ1) is 12.2. The van der Waals surface area contributed by atoms with Gasteiger partial charge in [-0.25, -0.2) is 4.98 Å². The van der Waals surface area contributed by atoms with Crippen LogP contribution in [0.4, 0.5) is 0 Å². The lowest BCUT2D eigenvalue weighted by Gasteiger charge is -2.16. The zero-order valence-electron chi connectivity index (χ0n) is 13.5. The first-order valence-corrected chi connectivity index (χ1v) is 9.11. The quantitative estimate of drug-likeness (QED) is 0.557. The molecule has 1 heterocycles. The van der Waals surface area contributed by atoms with Gasteiger partial charge in [-0.15, -0.1) is 0 Å². The van der Waals surface area contributed by atoms with E-state index in [1.807, 2.05) is 71.4 Å². The Morgan fingerprint density at radius 2 is 1.92 bits per heavy atom. The molecular formula is C20H17ClN2OS. The molecule has 0 spiro atoms. The second kappa shape index (κ2) is 8.70. The van der Waals surface area contributed by atoms with E-state index in [1.54, 1.807) is 18.6 Å². The van der Waals surface area contributed by atoms with Crippen molar-refractivity contribution < 1.29 is 4.79 Å². The third-order valence-corrected chi connectivity index (χ3v) is 4.97. The number of imidazole rings is 1. The normalized spacial score (nSPS) is 12.4. The fourth-order valence-corrected chi connectivity index (χ4v) is 3.48. The van der Waals surface area contributed by atoms with E-state index in [-0.39, 0.29) is 10.4 Å². The van der Waals surface area contributed by atoms with Gasteiger partial charge >= 0.3 is 0 Å². The van der Waals surface area contributed by atoms with Gasteiger partial charge in [0.05, 0.1) is 11.6 Å². The monoisotopic (exact) mass is 368 g/mol. The van der Waals surface area contributed by atoms with Crippen LogP contribution in [-0.2, 0) is 11.3 Å². The van der Waals surface area contributed by atoms with Crippen LogP contribution in [0.3, 0.4) is 0 Å². The molecule has 0 aliphatic heterocycles. The molecule has 1 aromatic heterocycles. The largest absolute Gasteiger partial charge is 0.336 e. The highest BCUT2D eigenvalue weighted by Crippen LogP contribution is 2.32. The summed E-state index contributed by atoms with van der Waals surface area (Å²) in [6, 6.07) is 17.4. The molecule has 3 aromatic rings. The van der Waals surface area contributed by atoms with Gasteiger partial charge in [-0.05, 0) is 29.3 Å². The van der Waals surface area contributed by atoms with Crippen molar-refractivity contribution in [1.29, 1.82) is 0 Å². The molecule has 0 radical (unpaired) electrons. The van der Waals surface area contributed by atoms with E-state index in [0.29, 0.717) is 11.6 Å². The number of thioether (sulfide) groups is 1. The lowest BCUT2D eigenvalue weighted by Crippen LogP contribution is -2.07. The van der Waals surface area contributed by atoms with Crippen LogP contribution in [0, 0.1) is 0 Å². The second-order valence-corrected chi connectivity index (χ2v) is 7.12. The van der Waals surface area contributed by atoms with Crippen molar-refractivity contribution in [2.24, 2.45) is 0 Å². The second-order valence-electron chi connectivity index (χ2n) is 5.48. The molecule has 0 fully saturated rings. The van der Waals surface area contributed by atoms with Gasteiger partial charge in [-0.2, -0.15) is 0 Å². The van der Waals surface area contributed by atoms with E-state index in [9.17, 15) is 4.79 Å². The van der Waals surface area contributed by atoms with Crippen LogP contribution in [0.5, 0.6) is 0 Å². The minimum Gasteiger partial charge on any atom is -0.336 e. The topological polar surface area (TPSA) is 34.9 Å². The van der Waals surface area contributed by atoms with Crippen molar-refractivity contribution in [1.82, 2.24) is 9.55 Å². The fraction of sp³-hybridized carbons (Fsp3) is 0.100. The number of hydrogen-bond donors (Lipinski definition) is 0. The van der Waals surface area contributed by atoms with Gasteiger partial charge in [0.25, 0.3) is 0 Å². The molecular weight excluding hydrogens is 352 g/mol. The molecule has 1 atom stereocenters. The fourth-order valence-electron chi connectivity index (χ4n) is 2.38. The lowest BCUT2D eigenvalue weighted by molar-refractivity contribution is -0.107. The standard InChI is InChI=1S/C20H17ClN2OS/c21-18-9-7-17(8-10-18)19(14-23-13-12-22-15-23)25-20(24)11-6-16-4-2-1-3-5-16/h1-13,15,19H,14H2. The number of aromatic nitrogens is 2. The van der Waals surface area contributed by atoms with Gasteiger partial charge in [0.15, 0.2) is 0 Å². The van der Waals surface area contributed by atoms with Crippen LogP contribution in [-0.4, -0.2) is 14.7 Å². The zero-order valence-corrected chi connectivity index (χ0v) is 15.0. The van der Waals surface area contributed by atoms with Crippen LogP contribution >= 0.6 is 23.4 Å². The molecule has 3 rings (SSSR count). The number of carbonyl (C=O) groups excluding carboxylic acids is 1. The number of hydrogen-bond acceptors (Lipinski definition) is 3. The van der Waals surface area contributed by atoms with Gasteiger partial charge in [-0.1, -0.05) is 71.9 Å². The first kappa shape index (κ1) is 17.5. The Balaban J connectivity index is 1.73. The number of halogens is 1. The Morgan fingerprint density at radius 1 is 1.16 bits per heavy atom. The third kappa shape index (κ3) is 5.34. The predicted molar refractivity (Wildman–Crippen MR) is 104 cm³/mol. The summed E-state index contributed by atoms with van der Waals surface area (Å²) in [7, 11) is 0. The van der Waals surface area contributed by atoms with Crippen molar-refractivity contribution >= 4 is 34.6 Å². The van der Waals surface area contributed by atoms with Gasteiger partial charge < -0.3 is 4.57 Å². The van der Waals surface area contributed by atoms with E-state index >= 15 is 0 Å². The number of nitrogens with zero attached hydrogens (tertiary/aromatic N) is 2. The van der Waals surface area contributed by atoms with E-state index < -0.39 is 0 Å². The van der Waals surface area contributed by atoms with E-state index in [4.69, 9.17) is 11.6 Å². The van der Waals surface area contributed by atoms with Crippen LogP contribution in [0.15, 0.2) is 79.4 Å². The molecule has 0 aliphatic carbocycles. The highest BCUT2D eigenvalue weighted by molar-refractivity contribution is 8.14. The summed E-state index contributed by atoms with van der Waals surface area (Å²) in [4.78, 5) is 16.5.